The standard InChI is InChI=1S/C12H24O2/c1-4-6-9-12(13)14-10-7-8-11(3)5-2/h11H,4-10H2,1-3H3. The molecule has 0 fully saturated rings. The zero-order chi connectivity index (χ0) is 10.8. The van der Waals surface area contributed by atoms with E-state index in [-0.39, 0.29) is 5.97 Å². The zero-order valence-electron chi connectivity index (χ0n) is 9.84. The van der Waals surface area contributed by atoms with E-state index in [9.17, 15) is 4.79 Å². The second-order valence-corrected chi connectivity index (χ2v) is 3.98. The van der Waals surface area contributed by atoms with Gasteiger partial charge in [-0.15, -0.1) is 0 Å². The number of unbranched alkanes of at least 4 members (excludes halogenated alkanes) is 1. The first-order chi connectivity index (χ1) is 6.70. The Labute approximate surface area is 88.0 Å². The number of carbonyl (C=O) groups excluding carboxylic acids is 1. The largest absolute Gasteiger partial charge is 0.466 e. The van der Waals surface area contributed by atoms with Gasteiger partial charge in [0.1, 0.15) is 0 Å². The molecule has 0 bridgehead atoms. The van der Waals surface area contributed by atoms with Crippen LogP contribution in [0.4, 0.5) is 0 Å². The molecule has 0 aromatic carbocycles. The van der Waals surface area contributed by atoms with Gasteiger partial charge in [0.05, 0.1) is 6.61 Å². The Kier molecular flexibility index (Phi) is 8.70. The van der Waals surface area contributed by atoms with Gasteiger partial charge in [-0.3, -0.25) is 4.79 Å². The lowest BCUT2D eigenvalue weighted by atomic mass is 10.0. The lowest BCUT2D eigenvalue weighted by molar-refractivity contribution is -0.143. The summed E-state index contributed by atoms with van der Waals surface area (Å²) in [5.41, 5.74) is 0. The van der Waals surface area contributed by atoms with E-state index in [1.165, 1.54) is 6.42 Å². The third-order valence-corrected chi connectivity index (χ3v) is 2.54. The molecule has 2 heteroatoms. The van der Waals surface area contributed by atoms with Crippen molar-refractivity contribution in [3.63, 3.8) is 0 Å². The molecule has 0 saturated carbocycles. The van der Waals surface area contributed by atoms with Crippen LogP contribution in [0.5, 0.6) is 0 Å². The van der Waals surface area contributed by atoms with Crippen LogP contribution in [-0.4, -0.2) is 12.6 Å². The first kappa shape index (κ1) is 13.5. The quantitative estimate of drug-likeness (QED) is 0.442. The van der Waals surface area contributed by atoms with E-state index in [0.29, 0.717) is 13.0 Å². The van der Waals surface area contributed by atoms with Gasteiger partial charge in [-0.1, -0.05) is 33.6 Å². The molecule has 84 valence electrons. The van der Waals surface area contributed by atoms with E-state index < -0.39 is 0 Å². The SMILES string of the molecule is CCCCC(=O)OCCCC(C)CC. The van der Waals surface area contributed by atoms with E-state index in [1.807, 2.05) is 0 Å². The minimum Gasteiger partial charge on any atom is -0.466 e. The average molecular weight is 200 g/mol. The highest BCUT2D eigenvalue weighted by molar-refractivity contribution is 5.69. The summed E-state index contributed by atoms with van der Waals surface area (Å²) in [6.07, 6.45) is 5.97. The van der Waals surface area contributed by atoms with Crippen molar-refractivity contribution < 1.29 is 9.53 Å². The average Bonchev–Trinajstić information content (AvgIpc) is 2.21. The van der Waals surface area contributed by atoms with Gasteiger partial charge < -0.3 is 4.74 Å². The predicted octanol–water partition coefficient (Wildman–Crippen LogP) is 3.55. The Hall–Kier alpha value is -0.530. The molecule has 1 unspecified atom stereocenters. The molecule has 0 N–H and O–H groups in total. The van der Waals surface area contributed by atoms with Crippen LogP contribution in [0.3, 0.4) is 0 Å². The molecule has 1 atom stereocenters. The van der Waals surface area contributed by atoms with E-state index in [0.717, 1.165) is 31.6 Å². The summed E-state index contributed by atoms with van der Waals surface area (Å²) in [7, 11) is 0. The van der Waals surface area contributed by atoms with Crippen LogP contribution < -0.4 is 0 Å². The van der Waals surface area contributed by atoms with Gasteiger partial charge in [0.2, 0.25) is 0 Å². The highest BCUT2D eigenvalue weighted by Crippen LogP contribution is 2.09. The summed E-state index contributed by atoms with van der Waals surface area (Å²) >= 11 is 0. The van der Waals surface area contributed by atoms with Crippen molar-refractivity contribution in [1.29, 1.82) is 0 Å². The van der Waals surface area contributed by atoms with Gasteiger partial charge >= 0.3 is 5.97 Å². The monoisotopic (exact) mass is 200 g/mol. The van der Waals surface area contributed by atoms with Crippen LogP contribution >= 0.6 is 0 Å². The Morgan fingerprint density at radius 1 is 1.29 bits per heavy atom. The second kappa shape index (κ2) is 9.04. The van der Waals surface area contributed by atoms with Gasteiger partial charge in [-0.05, 0) is 25.2 Å². The molecule has 14 heavy (non-hydrogen) atoms. The first-order valence-electron chi connectivity index (χ1n) is 5.86. The molecule has 0 rings (SSSR count). The number of esters is 1. The normalized spacial score (nSPS) is 12.5. The highest BCUT2D eigenvalue weighted by atomic mass is 16.5. The minimum absolute atomic E-state index is 0.0315. The van der Waals surface area contributed by atoms with Crippen LogP contribution in [0.1, 0.15) is 59.3 Å². The van der Waals surface area contributed by atoms with E-state index in [4.69, 9.17) is 4.74 Å². The molecule has 0 aromatic rings. The maximum absolute atomic E-state index is 11.1. The summed E-state index contributed by atoms with van der Waals surface area (Å²) in [4.78, 5) is 11.1. The summed E-state index contributed by atoms with van der Waals surface area (Å²) in [5.74, 6) is 0.723. The molecule has 0 heterocycles. The topological polar surface area (TPSA) is 26.3 Å². The highest BCUT2D eigenvalue weighted by Gasteiger charge is 2.02. The van der Waals surface area contributed by atoms with Gasteiger partial charge in [0.15, 0.2) is 0 Å². The summed E-state index contributed by atoms with van der Waals surface area (Å²) in [6, 6.07) is 0. The van der Waals surface area contributed by atoms with Crippen molar-refractivity contribution in [3.8, 4) is 0 Å². The van der Waals surface area contributed by atoms with Gasteiger partial charge in [0, 0.05) is 6.42 Å². The number of hydrogen-bond donors (Lipinski definition) is 0. The molecule has 0 amide bonds. The van der Waals surface area contributed by atoms with E-state index in [1.54, 1.807) is 0 Å². The van der Waals surface area contributed by atoms with Crippen molar-refractivity contribution in [3.05, 3.63) is 0 Å². The summed E-state index contributed by atoms with van der Waals surface area (Å²) < 4.78 is 5.10. The third-order valence-electron chi connectivity index (χ3n) is 2.54. The maximum atomic E-state index is 11.1. The van der Waals surface area contributed by atoms with E-state index >= 15 is 0 Å². The molecular formula is C12H24O2. The maximum Gasteiger partial charge on any atom is 0.305 e. The minimum atomic E-state index is -0.0315. The Morgan fingerprint density at radius 2 is 2.00 bits per heavy atom. The fourth-order valence-corrected chi connectivity index (χ4v) is 1.22. The number of carbonyl (C=O) groups is 1. The van der Waals surface area contributed by atoms with Crippen LogP contribution in [0, 0.1) is 5.92 Å². The fraction of sp³-hybridized carbons (Fsp3) is 0.917. The molecule has 0 saturated heterocycles. The van der Waals surface area contributed by atoms with Crippen molar-refractivity contribution in [2.24, 2.45) is 5.92 Å². The van der Waals surface area contributed by atoms with Crippen molar-refractivity contribution >= 4 is 5.97 Å². The molecule has 0 aliphatic heterocycles. The smallest absolute Gasteiger partial charge is 0.305 e. The Morgan fingerprint density at radius 3 is 2.57 bits per heavy atom. The zero-order valence-corrected chi connectivity index (χ0v) is 9.84. The van der Waals surface area contributed by atoms with Gasteiger partial charge in [0.25, 0.3) is 0 Å². The molecule has 0 aliphatic carbocycles. The molecule has 2 nitrogen and oxygen atoms in total. The van der Waals surface area contributed by atoms with Crippen molar-refractivity contribution in [1.82, 2.24) is 0 Å². The van der Waals surface area contributed by atoms with Crippen LogP contribution in [-0.2, 0) is 9.53 Å². The van der Waals surface area contributed by atoms with Crippen LogP contribution in [0.15, 0.2) is 0 Å². The molecule has 0 radical (unpaired) electrons. The lowest BCUT2D eigenvalue weighted by Crippen LogP contribution is -2.06. The first-order valence-corrected chi connectivity index (χ1v) is 5.86. The fourth-order valence-electron chi connectivity index (χ4n) is 1.22. The second-order valence-electron chi connectivity index (χ2n) is 3.98. The third kappa shape index (κ3) is 8.09. The lowest BCUT2D eigenvalue weighted by Gasteiger charge is -2.08. The number of rotatable bonds is 8. The molecular weight excluding hydrogens is 176 g/mol. The van der Waals surface area contributed by atoms with E-state index in [2.05, 4.69) is 20.8 Å². The van der Waals surface area contributed by atoms with Crippen LogP contribution in [0.25, 0.3) is 0 Å². The number of ether oxygens (including phenoxy) is 1. The Balaban J connectivity index is 3.22. The Bertz CT molecular complexity index is 143. The summed E-state index contributed by atoms with van der Waals surface area (Å²) in [5, 5.41) is 0. The van der Waals surface area contributed by atoms with Gasteiger partial charge in [-0.2, -0.15) is 0 Å². The van der Waals surface area contributed by atoms with Crippen LogP contribution in [0.2, 0.25) is 0 Å². The predicted molar refractivity (Wildman–Crippen MR) is 59.2 cm³/mol. The van der Waals surface area contributed by atoms with Crippen molar-refractivity contribution in [2.75, 3.05) is 6.61 Å². The summed E-state index contributed by atoms with van der Waals surface area (Å²) in [6.45, 7) is 7.11. The molecule has 0 aliphatic rings. The number of hydrogen-bond acceptors (Lipinski definition) is 2. The van der Waals surface area contributed by atoms with Crippen molar-refractivity contribution in [2.45, 2.75) is 59.3 Å². The van der Waals surface area contributed by atoms with Gasteiger partial charge in [-0.25, -0.2) is 0 Å². The molecule has 0 spiro atoms. The molecule has 0 aromatic heterocycles.